The van der Waals surface area contributed by atoms with Crippen molar-refractivity contribution in [1.29, 1.82) is 0 Å². The number of amides is 4. The quantitative estimate of drug-likeness (QED) is 0.249. The van der Waals surface area contributed by atoms with Crippen LogP contribution in [0.4, 0.5) is 14.9 Å². The zero-order valence-electron chi connectivity index (χ0n) is 16.2. The van der Waals surface area contributed by atoms with Gasteiger partial charge in [-0.2, -0.15) is 4.31 Å². The number of hydrogen-bond donors (Lipinski definition) is 0. The normalized spacial score (nSPS) is 15.6. The summed E-state index contributed by atoms with van der Waals surface area (Å²) in [6, 6.07) is 17.6. The van der Waals surface area contributed by atoms with Gasteiger partial charge in [0.1, 0.15) is 11.4 Å². The van der Waals surface area contributed by atoms with Gasteiger partial charge in [0, 0.05) is 9.92 Å². The van der Waals surface area contributed by atoms with Crippen LogP contribution >= 0.6 is 35.1 Å². The minimum absolute atomic E-state index is 0.0586. The van der Waals surface area contributed by atoms with Crippen molar-refractivity contribution >= 4 is 64.8 Å². The lowest BCUT2D eigenvalue weighted by Crippen LogP contribution is -2.54. The molecule has 0 aromatic heterocycles. The van der Waals surface area contributed by atoms with E-state index in [0.717, 1.165) is 21.2 Å². The summed E-state index contributed by atoms with van der Waals surface area (Å²) in [7, 11) is 0. The highest BCUT2D eigenvalue weighted by Crippen LogP contribution is 2.36. The fourth-order valence-electron chi connectivity index (χ4n) is 3.01. The first-order valence-electron chi connectivity index (χ1n) is 9.23. The smallest absolute Gasteiger partial charge is 0.268 e. The molecule has 0 saturated carbocycles. The van der Waals surface area contributed by atoms with Crippen molar-refractivity contribution in [2.75, 3.05) is 4.90 Å². The van der Waals surface area contributed by atoms with E-state index in [1.54, 1.807) is 36.4 Å². The molecule has 1 heterocycles. The van der Waals surface area contributed by atoms with Gasteiger partial charge in [-0.25, -0.2) is 14.1 Å². The van der Waals surface area contributed by atoms with Crippen LogP contribution in [-0.2, 0) is 9.59 Å². The highest BCUT2D eigenvalue weighted by molar-refractivity contribution is 7.98. The average molecular weight is 487 g/mol. The van der Waals surface area contributed by atoms with E-state index < -0.39 is 23.7 Å². The number of halogens is 3. The predicted octanol–water partition coefficient (Wildman–Crippen LogP) is 6.22. The monoisotopic (exact) mass is 486 g/mol. The standard InChI is InChI=1S/C23H13Cl2FN2O3S/c24-15-9-10-20(19(25)13-15)27-21(29)18(12-14-5-4-6-16(26)11-14)22(30)28(23(27)31)32-17-7-2-1-3-8-17/h1-13H/b18-12+. The number of rotatable bonds is 4. The number of urea groups is 1. The lowest BCUT2D eigenvalue weighted by molar-refractivity contribution is -0.125. The molecule has 0 atom stereocenters. The Kier molecular flexibility index (Phi) is 6.32. The number of carbonyl (C=O) groups excluding carboxylic acids is 3. The molecule has 4 amide bonds. The van der Waals surface area contributed by atoms with Crippen LogP contribution in [0.15, 0.2) is 83.3 Å². The molecule has 0 N–H and O–H groups in total. The number of anilines is 1. The second-order valence-electron chi connectivity index (χ2n) is 6.64. The van der Waals surface area contributed by atoms with Crippen LogP contribution in [0.2, 0.25) is 10.0 Å². The molecule has 3 aromatic rings. The predicted molar refractivity (Wildman–Crippen MR) is 123 cm³/mol. The number of barbiturate groups is 1. The third-order valence-electron chi connectivity index (χ3n) is 4.46. The van der Waals surface area contributed by atoms with Crippen molar-refractivity contribution < 1.29 is 18.8 Å². The van der Waals surface area contributed by atoms with E-state index in [9.17, 15) is 18.8 Å². The summed E-state index contributed by atoms with van der Waals surface area (Å²) in [5.41, 5.74) is 0.0508. The molecule has 160 valence electrons. The Morgan fingerprint density at radius 1 is 0.844 bits per heavy atom. The minimum atomic E-state index is -0.880. The molecular weight excluding hydrogens is 474 g/mol. The van der Waals surface area contributed by atoms with Gasteiger partial charge < -0.3 is 0 Å². The van der Waals surface area contributed by atoms with Crippen molar-refractivity contribution in [3.8, 4) is 0 Å². The average Bonchev–Trinajstić information content (AvgIpc) is 2.76. The maximum absolute atomic E-state index is 13.7. The molecule has 0 radical (unpaired) electrons. The van der Waals surface area contributed by atoms with Crippen LogP contribution in [0.3, 0.4) is 0 Å². The Labute approximate surface area is 197 Å². The summed E-state index contributed by atoms with van der Waals surface area (Å²) in [5, 5.41) is 0.376. The summed E-state index contributed by atoms with van der Waals surface area (Å²) >= 11 is 13.1. The molecule has 5 nitrogen and oxygen atoms in total. The molecule has 1 aliphatic heterocycles. The van der Waals surface area contributed by atoms with Crippen molar-refractivity contribution in [1.82, 2.24) is 4.31 Å². The van der Waals surface area contributed by atoms with Gasteiger partial charge in [0.25, 0.3) is 11.8 Å². The van der Waals surface area contributed by atoms with E-state index in [-0.39, 0.29) is 16.3 Å². The zero-order chi connectivity index (χ0) is 22.8. The molecule has 1 aliphatic rings. The maximum Gasteiger partial charge on any atom is 0.349 e. The van der Waals surface area contributed by atoms with Gasteiger partial charge in [-0.15, -0.1) is 0 Å². The van der Waals surface area contributed by atoms with Crippen LogP contribution in [-0.4, -0.2) is 22.2 Å². The molecule has 0 aliphatic carbocycles. The van der Waals surface area contributed by atoms with E-state index in [2.05, 4.69) is 0 Å². The van der Waals surface area contributed by atoms with E-state index in [4.69, 9.17) is 23.2 Å². The number of carbonyl (C=O) groups is 3. The first kappa shape index (κ1) is 22.1. The first-order valence-corrected chi connectivity index (χ1v) is 10.8. The third kappa shape index (κ3) is 4.41. The summed E-state index contributed by atoms with van der Waals surface area (Å²) in [5.74, 6) is -2.22. The van der Waals surface area contributed by atoms with Crippen molar-refractivity contribution in [3.63, 3.8) is 0 Å². The van der Waals surface area contributed by atoms with Crippen LogP contribution in [0, 0.1) is 5.82 Å². The summed E-state index contributed by atoms with van der Waals surface area (Å²) in [6.45, 7) is 0. The Bertz CT molecular complexity index is 1270. The number of hydrogen-bond acceptors (Lipinski definition) is 4. The molecule has 0 unspecified atom stereocenters. The molecule has 0 bridgehead atoms. The van der Waals surface area contributed by atoms with E-state index in [1.165, 1.54) is 42.5 Å². The zero-order valence-corrected chi connectivity index (χ0v) is 18.5. The van der Waals surface area contributed by atoms with Gasteiger partial charge in [0.2, 0.25) is 0 Å². The van der Waals surface area contributed by atoms with E-state index in [1.807, 2.05) is 0 Å². The third-order valence-corrected chi connectivity index (χ3v) is 5.99. The minimum Gasteiger partial charge on any atom is -0.268 e. The van der Waals surface area contributed by atoms with E-state index in [0.29, 0.717) is 15.5 Å². The van der Waals surface area contributed by atoms with Crippen LogP contribution in [0.1, 0.15) is 5.56 Å². The Balaban J connectivity index is 1.83. The van der Waals surface area contributed by atoms with Gasteiger partial charge in [-0.05, 0) is 66.1 Å². The lowest BCUT2D eigenvalue weighted by atomic mass is 10.1. The second kappa shape index (κ2) is 9.16. The highest BCUT2D eigenvalue weighted by Gasteiger charge is 2.44. The van der Waals surface area contributed by atoms with Gasteiger partial charge in [-0.3, -0.25) is 9.59 Å². The SMILES string of the molecule is O=C1/C(=C/c2cccc(F)c2)C(=O)N(c2ccc(Cl)cc2Cl)C(=O)N1Sc1ccccc1. The summed E-state index contributed by atoms with van der Waals surface area (Å²) in [6.07, 6.45) is 1.25. The fraction of sp³-hybridized carbons (Fsp3) is 0. The van der Waals surface area contributed by atoms with E-state index >= 15 is 0 Å². The number of benzene rings is 3. The number of nitrogens with zero attached hydrogens (tertiary/aromatic N) is 2. The molecule has 3 aromatic carbocycles. The Hall–Kier alpha value is -3.13. The van der Waals surface area contributed by atoms with Gasteiger partial charge in [0.15, 0.2) is 0 Å². The first-order chi connectivity index (χ1) is 15.3. The molecule has 1 fully saturated rings. The van der Waals surface area contributed by atoms with Crippen molar-refractivity contribution in [2.24, 2.45) is 0 Å². The molecule has 32 heavy (non-hydrogen) atoms. The second-order valence-corrected chi connectivity index (χ2v) is 8.50. The van der Waals surface area contributed by atoms with Crippen LogP contribution in [0.5, 0.6) is 0 Å². The molecular formula is C23H13Cl2FN2O3S. The molecule has 9 heteroatoms. The van der Waals surface area contributed by atoms with Crippen molar-refractivity contribution in [3.05, 3.63) is 99.8 Å². The van der Waals surface area contributed by atoms with Gasteiger partial charge in [0.05, 0.1) is 10.7 Å². The Morgan fingerprint density at radius 3 is 2.28 bits per heavy atom. The topological polar surface area (TPSA) is 57.7 Å². The van der Waals surface area contributed by atoms with Gasteiger partial charge >= 0.3 is 6.03 Å². The highest BCUT2D eigenvalue weighted by atomic mass is 35.5. The van der Waals surface area contributed by atoms with Crippen LogP contribution in [0.25, 0.3) is 6.08 Å². The molecule has 1 saturated heterocycles. The van der Waals surface area contributed by atoms with Crippen LogP contribution < -0.4 is 4.90 Å². The molecule has 4 rings (SSSR count). The van der Waals surface area contributed by atoms with Gasteiger partial charge in [-0.1, -0.05) is 53.5 Å². The Morgan fingerprint density at radius 2 is 1.59 bits per heavy atom. The summed E-state index contributed by atoms with van der Waals surface area (Å²) in [4.78, 5) is 41.1. The number of imide groups is 2. The largest absolute Gasteiger partial charge is 0.349 e. The van der Waals surface area contributed by atoms with Crippen molar-refractivity contribution in [2.45, 2.75) is 4.90 Å². The lowest BCUT2D eigenvalue weighted by Gasteiger charge is -2.33. The summed E-state index contributed by atoms with van der Waals surface area (Å²) < 4.78 is 14.5. The fourth-order valence-corrected chi connectivity index (χ4v) is 4.34. The molecule has 0 spiro atoms. The maximum atomic E-state index is 13.7.